The molecule has 31 heavy (non-hydrogen) atoms. The van der Waals surface area contributed by atoms with Gasteiger partial charge >= 0.3 is 12.1 Å². The summed E-state index contributed by atoms with van der Waals surface area (Å²) >= 11 is 1.20. The fourth-order valence-corrected chi connectivity index (χ4v) is 4.84. The van der Waals surface area contributed by atoms with Crippen molar-refractivity contribution in [1.29, 1.82) is 0 Å². The molecule has 0 radical (unpaired) electrons. The van der Waals surface area contributed by atoms with Gasteiger partial charge in [-0.05, 0) is 53.3 Å². The van der Waals surface area contributed by atoms with Crippen LogP contribution < -0.4 is 4.72 Å². The molecule has 0 atom stereocenters. The minimum atomic E-state index is -4.97. The third-order valence-corrected chi connectivity index (χ3v) is 6.71. The fraction of sp³-hybridized carbons (Fsp3) is 0.211. The van der Waals surface area contributed by atoms with Crippen LogP contribution in [0.5, 0.6) is 0 Å². The lowest BCUT2D eigenvalue weighted by molar-refractivity contribution is -0.186. The summed E-state index contributed by atoms with van der Waals surface area (Å²) in [5.74, 6) is -1.93. The van der Waals surface area contributed by atoms with E-state index in [1.807, 2.05) is 0 Å². The van der Waals surface area contributed by atoms with Gasteiger partial charge < -0.3 is 4.90 Å². The maximum atomic E-state index is 12.8. The summed E-state index contributed by atoms with van der Waals surface area (Å²) in [6.45, 7) is -0.371. The molecule has 2 aromatic carbocycles. The van der Waals surface area contributed by atoms with Gasteiger partial charge in [0.05, 0.1) is 4.90 Å². The van der Waals surface area contributed by atoms with E-state index in [2.05, 4.69) is 14.3 Å². The minimum Gasteiger partial charge on any atom is -0.330 e. The highest BCUT2D eigenvalue weighted by molar-refractivity contribution is 7.92. The molecule has 4 rings (SSSR count). The standard InChI is InChI=1S/C19H15F3N4O3S2/c20-19(21,22)18(27)26-8-7-12-3-6-16(9-14(12)10-26)31(28,29)24-15-4-1-13(2-5-15)17-11-30-25-23-17/h1-6,9,11,24H,7-8,10H2. The van der Waals surface area contributed by atoms with Gasteiger partial charge in [0, 0.05) is 29.7 Å². The van der Waals surface area contributed by atoms with E-state index in [-0.39, 0.29) is 24.4 Å². The smallest absolute Gasteiger partial charge is 0.330 e. The Kier molecular flexibility index (Phi) is 5.43. The second kappa shape index (κ2) is 7.93. The van der Waals surface area contributed by atoms with Gasteiger partial charge in [-0.15, -0.1) is 5.10 Å². The van der Waals surface area contributed by atoms with Crippen LogP contribution in [0, 0.1) is 0 Å². The molecule has 3 aromatic rings. The molecule has 0 saturated carbocycles. The third-order valence-electron chi connectivity index (χ3n) is 4.82. The molecule has 0 bridgehead atoms. The second-order valence-electron chi connectivity index (χ2n) is 6.88. The van der Waals surface area contributed by atoms with Crippen molar-refractivity contribution in [2.45, 2.75) is 24.0 Å². The molecule has 0 saturated heterocycles. The summed E-state index contributed by atoms with van der Waals surface area (Å²) in [6.07, 6.45) is -4.75. The first-order valence-corrected chi connectivity index (χ1v) is 11.3. The molecule has 1 amide bonds. The van der Waals surface area contributed by atoms with E-state index >= 15 is 0 Å². The van der Waals surface area contributed by atoms with Crippen molar-refractivity contribution in [2.24, 2.45) is 0 Å². The molecule has 0 fully saturated rings. The monoisotopic (exact) mass is 468 g/mol. The minimum absolute atomic E-state index is 0.0729. The number of carbonyl (C=O) groups is 1. The molecule has 1 aromatic heterocycles. The van der Waals surface area contributed by atoms with Gasteiger partial charge in [-0.3, -0.25) is 9.52 Å². The maximum Gasteiger partial charge on any atom is 0.471 e. The Balaban J connectivity index is 1.53. The van der Waals surface area contributed by atoms with Gasteiger partial charge in [-0.2, -0.15) is 13.2 Å². The average molecular weight is 468 g/mol. The first-order chi connectivity index (χ1) is 14.6. The van der Waals surface area contributed by atoms with Crippen molar-refractivity contribution in [3.8, 4) is 11.3 Å². The number of halogens is 3. The number of rotatable bonds is 4. The van der Waals surface area contributed by atoms with Gasteiger partial charge in [0.2, 0.25) is 0 Å². The quantitative estimate of drug-likeness (QED) is 0.633. The number of alkyl halides is 3. The lowest BCUT2D eigenvalue weighted by Gasteiger charge is -2.29. The molecule has 12 heteroatoms. The summed E-state index contributed by atoms with van der Waals surface area (Å²) in [5, 5.41) is 5.71. The van der Waals surface area contributed by atoms with Crippen LogP contribution >= 0.6 is 11.5 Å². The van der Waals surface area contributed by atoms with E-state index in [0.29, 0.717) is 27.4 Å². The molecule has 7 nitrogen and oxygen atoms in total. The van der Waals surface area contributed by atoms with Crippen LogP contribution in [0.25, 0.3) is 11.3 Å². The topological polar surface area (TPSA) is 92.3 Å². The van der Waals surface area contributed by atoms with Gasteiger partial charge in [-0.25, -0.2) is 8.42 Å². The molecule has 1 aliphatic heterocycles. The number of aromatic nitrogens is 2. The number of benzene rings is 2. The zero-order valence-corrected chi connectivity index (χ0v) is 17.4. The van der Waals surface area contributed by atoms with Crippen molar-refractivity contribution in [3.05, 3.63) is 59.0 Å². The second-order valence-corrected chi connectivity index (χ2v) is 9.17. The first kappa shape index (κ1) is 21.2. The Bertz CT molecular complexity index is 1210. The molecule has 162 valence electrons. The number of sulfonamides is 1. The highest BCUT2D eigenvalue weighted by Gasteiger charge is 2.43. The van der Waals surface area contributed by atoms with Crippen molar-refractivity contribution < 1.29 is 26.4 Å². The number of nitrogens with zero attached hydrogens (tertiary/aromatic N) is 3. The van der Waals surface area contributed by atoms with Crippen LogP contribution in [0.1, 0.15) is 11.1 Å². The number of hydrogen-bond donors (Lipinski definition) is 1. The molecule has 0 spiro atoms. The van der Waals surface area contributed by atoms with E-state index in [9.17, 15) is 26.4 Å². The van der Waals surface area contributed by atoms with Crippen LogP contribution in [-0.2, 0) is 27.8 Å². The van der Waals surface area contributed by atoms with Crippen LogP contribution in [0.2, 0.25) is 0 Å². The zero-order chi connectivity index (χ0) is 22.2. The van der Waals surface area contributed by atoms with E-state index in [0.717, 1.165) is 5.56 Å². The Morgan fingerprint density at radius 1 is 1.10 bits per heavy atom. The molecule has 0 aliphatic carbocycles. The van der Waals surface area contributed by atoms with Crippen LogP contribution in [0.15, 0.2) is 52.7 Å². The van der Waals surface area contributed by atoms with Crippen molar-refractivity contribution in [2.75, 3.05) is 11.3 Å². The number of anilines is 1. The van der Waals surface area contributed by atoms with Crippen LogP contribution in [-0.4, -0.2) is 41.5 Å². The predicted molar refractivity (Wildman–Crippen MR) is 108 cm³/mol. The summed E-state index contributed by atoms with van der Waals surface area (Å²) in [5.41, 5.74) is 2.86. The van der Waals surface area contributed by atoms with Crippen molar-refractivity contribution in [1.82, 2.24) is 14.5 Å². The average Bonchev–Trinajstić information content (AvgIpc) is 3.27. The Hall–Kier alpha value is -2.99. The van der Waals surface area contributed by atoms with E-state index in [1.54, 1.807) is 35.7 Å². The van der Waals surface area contributed by atoms with Crippen molar-refractivity contribution >= 4 is 33.2 Å². The highest BCUT2D eigenvalue weighted by atomic mass is 32.2. The normalized spacial score (nSPS) is 14.2. The highest BCUT2D eigenvalue weighted by Crippen LogP contribution is 2.28. The molecule has 1 aliphatic rings. The SMILES string of the molecule is O=C(N1CCc2ccc(S(=O)(=O)Nc3ccc(-c4csnn4)cc3)cc2C1)C(F)(F)F. The number of carbonyl (C=O) groups excluding carboxylic acids is 1. The molecular formula is C19H15F3N4O3S2. The summed E-state index contributed by atoms with van der Waals surface area (Å²) in [6, 6.07) is 10.8. The third kappa shape index (κ3) is 4.54. The van der Waals surface area contributed by atoms with E-state index < -0.39 is 22.1 Å². The molecule has 2 heterocycles. The number of nitrogens with one attached hydrogen (secondary N) is 1. The summed E-state index contributed by atoms with van der Waals surface area (Å²) in [4.78, 5) is 12.1. The maximum absolute atomic E-state index is 12.8. The van der Waals surface area contributed by atoms with E-state index in [4.69, 9.17) is 0 Å². The van der Waals surface area contributed by atoms with Crippen molar-refractivity contribution in [3.63, 3.8) is 0 Å². The predicted octanol–water partition coefficient (Wildman–Crippen LogP) is 3.45. The molecule has 1 N–H and O–H groups in total. The van der Waals surface area contributed by atoms with Gasteiger partial charge in [-0.1, -0.05) is 22.7 Å². The Labute approximate surface area is 179 Å². The van der Waals surface area contributed by atoms with Crippen LogP contribution in [0.4, 0.5) is 18.9 Å². The molecular weight excluding hydrogens is 453 g/mol. The number of amides is 1. The lowest BCUT2D eigenvalue weighted by atomic mass is 10.00. The number of fused-ring (bicyclic) bond motifs is 1. The Morgan fingerprint density at radius 2 is 1.84 bits per heavy atom. The molecule has 0 unspecified atom stereocenters. The number of hydrogen-bond acceptors (Lipinski definition) is 6. The zero-order valence-electron chi connectivity index (χ0n) is 15.8. The van der Waals surface area contributed by atoms with Crippen LogP contribution in [0.3, 0.4) is 0 Å². The van der Waals surface area contributed by atoms with Gasteiger partial charge in [0.15, 0.2) is 0 Å². The summed E-state index contributed by atoms with van der Waals surface area (Å²) < 4.78 is 70.0. The van der Waals surface area contributed by atoms with Gasteiger partial charge in [0.25, 0.3) is 10.0 Å². The fourth-order valence-electron chi connectivity index (χ4n) is 3.27. The van der Waals surface area contributed by atoms with E-state index in [1.165, 1.54) is 23.7 Å². The lowest BCUT2D eigenvalue weighted by Crippen LogP contribution is -2.43. The Morgan fingerprint density at radius 3 is 2.48 bits per heavy atom. The summed E-state index contributed by atoms with van der Waals surface area (Å²) in [7, 11) is -3.98. The van der Waals surface area contributed by atoms with Gasteiger partial charge in [0.1, 0.15) is 5.69 Å². The first-order valence-electron chi connectivity index (χ1n) is 9.02. The largest absolute Gasteiger partial charge is 0.471 e.